The number of fused-ring (bicyclic) bond motifs is 1. The molecule has 2 heterocycles. The highest BCUT2D eigenvalue weighted by Crippen LogP contribution is 2.31. The van der Waals surface area contributed by atoms with E-state index in [1.165, 1.54) is 23.0 Å². The second kappa shape index (κ2) is 10.5. The molecule has 4 rings (SSSR count). The molecule has 0 amide bonds. The molecule has 0 fully saturated rings. The number of aromatic nitrogens is 1. The third kappa shape index (κ3) is 5.09. The van der Waals surface area contributed by atoms with Crippen molar-refractivity contribution in [3.8, 4) is 0 Å². The first-order valence-corrected chi connectivity index (χ1v) is 12.5. The van der Waals surface area contributed by atoms with E-state index in [1.807, 2.05) is 51.1 Å². The van der Waals surface area contributed by atoms with Gasteiger partial charge >= 0.3 is 11.9 Å². The number of nitrogens with zero attached hydrogens (tertiary/aromatic N) is 2. The number of carbonyl (C=O) groups excluding carboxylic acids is 2. The van der Waals surface area contributed by atoms with Gasteiger partial charge in [-0.2, -0.15) is 0 Å². The van der Waals surface area contributed by atoms with Gasteiger partial charge in [0.15, 0.2) is 4.80 Å². The maximum absolute atomic E-state index is 13.7. The van der Waals surface area contributed by atoms with Gasteiger partial charge in [0, 0.05) is 0 Å². The number of carbonyl (C=O) groups is 2. The first kappa shape index (κ1) is 25.3. The molecule has 0 spiro atoms. The zero-order valence-electron chi connectivity index (χ0n) is 20.9. The fourth-order valence-corrected chi connectivity index (χ4v) is 5.00. The van der Waals surface area contributed by atoms with Gasteiger partial charge in [0.05, 0.1) is 41.1 Å². The summed E-state index contributed by atoms with van der Waals surface area (Å²) in [6.07, 6.45) is 1.83. The van der Waals surface area contributed by atoms with E-state index in [2.05, 4.69) is 4.99 Å². The molecule has 0 N–H and O–H groups in total. The van der Waals surface area contributed by atoms with Gasteiger partial charge in [0.2, 0.25) is 0 Å². The molecular weight excluding hydrogens is 476 g/mol. The Balaban J connectivity index is 1.88. The van der Waals surface area contributed by atoms with E-state index >= 15 is 0 Å². The Morgan fingerprint density at radius 1 is 1.06 bits per heavy atom. The van der Waals surface area contributed by atoms with Crippen molar-refractivity contribution in [2.75, 3.05) is 13.7 Å². The number of rotatable bonds is 6. The van der Waals surface area contributed by atoms with Gasteiger partial charge in [0.1, 0.15) is 0 Å². The van der Waals surface area contributed by atoms with E-state index in [0.29, 0.717) is 31.7 Å². The summed E-state index contributed by atoms with van der Waals surface area (Å²) in [5.41, 5.74) is 3.61. The Morgan fingerprint density at radius 2 is 1.72 bits per heavy atom. The molecule has 0 saturated heterocycles. The van der Waals surface area contributed by atoms with Crippen LogP contribution in [-0.4, -0.2) is 30.2 Å². The number of thiazole rings is 1. The van der Waals surface area contributed by atoms with Crippen molar-refractivity contribution < 1.29 is 19.1 Å². The number of methoxy groups -OCH3 is 1. The van der Waals surface area contributed by atoms with Crippen molar-refractivity contribution in [2.45, 2.75) is 33.7 Å². The van der Waals surface area contributed by atoms with Crippen molar-refractivity contribution in [1.29, 1.82) is 0 Å². The van der Waals surface area contributed by atoms with Crippen LogP contribution in [0.25, 0.3) is 6.08 Å². The van der Waals surface area contributed by atoms with Crippen molar-refractivity contribution in [3.05, 3.63) is 102 Å². The number of hydrogen-bond acceptors (Lipinski definition) is 7. The Morgan fingerprint density at radius 3 is 2.33 bits per heavy atom. The number of benzene rings is 2. The quantitative estimate of drug-likeness (QED) is 0.480. The molecule has 0 unspecified atom stereocenters. The minimum atomic E-state index is -0.743. The van der Waals surface area contributed by atoms with E-state index < -0.39 is 18.0 Å². The van der Waals surface area contributed by atoms with E-state index in [1.54, 1.807) is 31.2 Å². The van der Waals surface area contributed by atoms with E-state index in [4.69, 9.17) is 9.47 Å². The zero-order valence-corrected chi connectivity index (χ0v) is 21.7. The second-order valence-electron chi connectivity index (χ2n) is 9.10. The Labute approximate surface area is 213 Å². The standard InChI is InChI=1S/C28H28N2O5S/c1-16(2)15-35-27(33)23-18(4)29-28-30(24(23)20-10-12-21(13-11-20)26(32)34-5)25(31)22(36-28)14-19-8-6-17(3)7-9-19/h6-14,16,24H,15H2,1-5H3/b22-14+/t24-/m0/s1. The lowest BCUT2D eigenvalue weighted by molar-refractivity contribution is -0.140. The predicted octanol–water partition coefficient (Wildman–Crippen LogP) is 3.53. The van der Waals surface area contributed by atoms with Gasteiger partial charge in [-0.15, -0.1) is 0 Å². The number of allylic oxidation sites excluding steroid dienone is 1. The van der Waals surface area contributed by atoms with Crippen LogP contribution < -0.4 is 14.9 Å². The van der Waals surface area contributed by atoms with Crippen LogP contribution >= 0.6 is 11.3 Å². The summed E-state index contributed by atoms with van der Waals surface area (Å²) in [5.74, 6) is -0.824. The molecule has 1 aliphatic heterocycles. The lowest BCUT2D eigenvalue weighted by Crippen LogP contribution is -2.40. The van der Waals surface area contributed by atoms with Gasteiger partial charge in [-0.3, -0.25) is 9.36 Å². The van der Waals surface area contributed by atoms with Gasteiger partial charge in [-0.1, -0.05) is 67.1 Å². The smallest absolute Gasteiger partial charge is 0.338 e. The summed E-state index contributed by atoms with van der Waals surface area (Å²) < 4.78 is 12.4. The van der Waals surface area contributed by atoms with Gasteiger partial charge in [-0.05, 0) is 49.1 Å². The highest BCUT2D eigenvalue weighted by molar-refractivity contribution is 7.07. The molecular formula is C28H28N2O5S. The topological polar surface area (TPSA) is 87.0 Å². The predicted molar refractivity (Wildman–Crippen MR) is 139 cm³/mol. The van der Waals surface area contributed by atoms with E-state index in [9.17, 15) is 14.4 Å². The maximum atomic E-state index is 13.7. The minimum Gasteiger partial charge on any atom is -0.465 e. The lowest BCUT2D eigenvalue weighted by atomic mass is 9.95. The lowest BCUT2D eigenvalue weighted by Gasteiger charge is -2.25. The molecule has 0 radical (unpaired) electrons. The van der Waals surface area contributed by atoms with Crippen LogP contribution in [0.2, 0.25) is 0 Å². The molecule has 7 nitrogen and oxygen atoms in total. The van der Waals surface area contributed by atoms with Gasteiger partial charge < -0.3 is 9.47 Å². The van der Waals surface area contributed by atoms with Crippen LogP contribution in [0.15, 0.2) is 69.6 Å². The first-order valence-electron chi connectivity index (χ1n) is 11.6. The Bertz CT molecular complexity index is 1510. The number of esters is 2. The highest BCUT2D eigenvalue weighted by Gasteiger charge is 2.33. The average Bonchev–Trinajstić information content (AvgIpc) is 3.16. The van der Waals surface area contributed by atoms with Crippen LogP contribution in [0, 0.1) is 12.8 Å². The molecule has 0 aliphatic carbocycles. The third-order valence-electron chi connectivity index (χ3n) is 5.81. The molecule has 3 aromatic rings. The van der Waals surface area contributed by atoms with E-state index in [0.717, 1.165) is 11.1 Å². The monoisotopic (exact) mass is 504 g/mol. The van der Waals surface area contributed by atoms with Crippen LogP contribution in [0.5, 0.6) is 0 Å². The Hall–Kier alpha value is -3.78. The maximum Gasteiger partial charge on any atom is 0.338 e. The largest absolute Gasteiger partial charge is 0.465 e. The minimum absolute atomic E-state index is 0.156. The first-order chi connectivity index (χ1) is 17.2. The van der Waals surface area contributed by atoms with Gasteiger partial charge in [-0.25, -0.2) is 14.6 Å². The van der Waals surface area contributed by atoms with Crippen LogP contribution in [0.3, 0.4) is 0 Å². The molecule has 36 heavy (non-hydrogen) atoms. The summed E-state index contributed by atoms with van der Waals surface area (Å²) in [6.45, 7) is 7.92. The van der Waals surface area contributed by atoms with E-state index in [-0.39, 0.29) is 18.1 Å². The number of aryl methyl sites for hydroxylation is 1. The molecule has 1 atom stereocenters. The summed E-state index contributed by atoms with van der Waals surface area (Å²) in [4.78, 5) is 44.0. The molecule has 1 aromatic heterocycles. The van der Waals surface area contributed by atoms with Crippen molar-refractivity contribution in [1.82, 2.24) is 4.57 Å². The van der Waals surface area contributed by atoms with Crippen LogP contribution in [0.1, 0.15) is 53.9 Å². The number of hydrogen-bond donors (Lipinski definition) is 0. The molecule has 8 heteroatoms. The van der Waals surface area contributed by atoms with Crippen molar-refractivity contribution in [2.24, 2.45) is 10.9 Å². The van der Waals surface area contributed by atoms with Crippen LogP contribution in [0.4, 0.5) is 0 Å². The number of ether oxygens (including phenoxy) is 2. The zero-order chi connectivity index (χ0) is 26.0. The SMILES string of the molecule is COC(=O)c1ccc([C@H]2C(C(=O)OCC(C)C)=C(C)N=c3s/c(=C/c4ccc(C)cc4)c(=O)n32)cc1. The summed E-state index contributed by atoms with van der Waals surface area (Å²) in [7, 11) is 1.32. The third-order valence-corrected chi connectivity index (χ3v) is 6.79. The van der Waals surface area contributed by atoms with Gasteiger partial charge in [0.25, 0.3) is 5.56 Å². The summed E-state index contributed by atoms with van der Waals surface area (Å²) >= 11 is 1.27. The second-order valence-corrected chi connectivity index (χ2v) is 10.1. The molecule has 0 bridgehead atoms. The summed E-state index contributed by atoms with van der Waals surface area (Å²) in [5, 5.41) is 0. The van der Waals surface area contributed by atoms with Crippen LogP contribution in [-0.2, 0) is 14.3 Å². The normalized spacial score (nSPS) is 15.5. The summed E-state index contributed by atoms with van der Waals surface area (Å²) in [6, 6.07) is 13.8. The highest BCUT2D eigenvalue weighted by atomic mass is 32.1. The fourth-order valence-electron chi connectivity index (χ4n) is 3.95. The molecule has 2 aromatic carbocycles. The Kier molecular flexibility index (Phi) is 7.35. The molecule has 0 saturated carbocycles. The average molecular weight is 505 g/mol. The van der Waals surface area contributed by atoms with Crippen molar-refractivity contribution in [3.63, 3.8) is 0 Å². The van der Waals surface area contributed by atoms with Crippen molar-refractivity contribution >= 4 is 29.4 Å². The fraction of sp³-hybridized carbons (Fsp3) is 0.286. The molecule has 186 valence electrons. The molecule has 1 aliphatic rings.